The molecule has 1 aromatic heterocycles. The van der Waals surface area contributed by atoms with Crippen LogP contribution in [-0.2, 0) is 0 Å². The van der Waals surface area contributed by atoms with Crippen molar-refractivity contribution in [2.24, 2.45) is 0 Å². The molecule has 4 rings (SSSR count). The highest BCUT2D eigenvalue weighted by atomic mass is 32.1. The van der Waals surface area contributed by atoms with Crippen LogP contribution in [0, 0.1) is 0 Å². The molecule has 1 N–H and O–H groups in total. The molecule has 0 spiro atoms. The zero-order chi connectivity index (χ0) is 20.1. The average Bonchev–Trinajstić information content (AvgIpc) is 3.28. The van der Waals surface area contributed by atoms with Gasteiger partial charge in [-0.15, -0.1) is 0 Å². The lowest BCUT2D eigenvalue weighted by atomic mass is 9.96. The number of carbonyl (C=O) groups is 1. The maximum atomic E-state index is 13.6. The van der Waals surface area contributed by atoms with Gasteiger partial charge in [0, 0.05) is 11.8 Å². The van der Waals surface area contributed by atoms with Gasteiger partial charge in [-0.2, -0.15) is 4.37 Å². The van der Waals surface area contributed by atoms with Crippen molar-refractivity contribution >= 4 is 23.0 Å². The van der Waals surface area contributed by atoms with Gasteiger partial charge in [0.15, 0.2) is 5.78 Å². The highest BCUT2D eigenvalue weighted by molar-refractivity contribution is 7.10. The molecular formula is C24H20N2O2S. The number of anilines is 1. The Hall–Kier alpha value is -3.44. The predicted octanol–water partition coefficient (Wildman–Crippen LogP) is 5.85. The van der Waals surface area contributed by atoms with E-state index in [1.54, 1.807) is 13.3 Å². The van der Waals surface area contributed by atoms with E-state index >= 15 is 0 Å². The molecule has 1 heterocycles. The number of Topliss-reactive ketones (excluding diaryl/α,β-unsaturated/α-hetero) is 1. The number of ketones is 1. The summed E-state index contributed by atoms with van der Waals surface area (Å²) in [5, 5.41) is 3.38. The maximum Gasteiger partial charge on any atom is 0.192 e. The smallest absolute Gasteiger partial charge is 0.192 e. The SMILES string of the molecule is COc1cccc(NC(C(=O)c2cnsc2-c2ccccc2)c2ccccc2)c1. The minimum atomic E-state index is -0.540. The molecule has 4 aromatic rings. The van der Waals surface area contributed by atoms with E-state index in [9.17, 15) is 4.79 Å². The van der Waals surface area contributed by atoms with Gasteiger partial charge in [-0.25, -0.2) is 0 Å². The minimum absolute atomic E-state index is 0.0216. The zero-order valence-corrected chi connectivity index (χ0v) is 16.7. The maximum absolute atomic E-state index is 13.6. The van der Waals surface area contributed by atoms with Gasteiger partial charge in [-0.05, 0) is 34.8 Å². The number of hydrogen-bond acceptors (Lipinski definition) is 5. The number of nitrogens with one attached hydrogen (secondary N) is 1. The summed E-state index contributed by atoms with van der Waals surface area (Å²) in [5.74, 6) is 0.711. The third-order valence-electron chi connectivity index (χ3n) is 4.65. The largest absolute Gasteiger partial charge is 0.497 e. The summed E-state index contributed by atoms with van der Waals surface area (Å²) in [7, 11) is 1.63. The van der Waals surface area contributed by atoms with Gasteiger partial charge >= 0.3 is 0 Å². The van der Waals surface area contributed by atoms with E-state index in [-0.39, 0.29) is 5.78 Å². The highest BCUT2D eigenvalue weighted by Crippen LogP contribution is 2.32. The highest BCUT2D eigenvalue weighted by Gasteiger charge is 2.26. The summed E-state index contributed by atoms with van der Waals surface area (Å²) in [6, 6.07) is 26.7. The Morgan fingerprint density at radius 2 is 1.69 bits per heavy atom. The van der Waals surface area contributed by atoms with Gasteiger partial charge in [-0.3, -0.25) is 4.79 Å². The van der Waals surface area contributed by atoms with Crippen LogP contribution in [0.5, 0.6) is 5.75 Å². The lowest BCUT2D eigenvalue weighted by Gasteiger charge is -2.20. The predicted molar refractivity (Wildman–Crippen MR) is 118 cm³/mol. The quantitative estimate of drug-likeness (QED) is 0.395. The number of hydrogen-bond donors (Lipinski definition) is 1. The Morgan fingerprint density at radius 1 is 0.966 bits per heavy atom. The second-order valence-corrected chi connectivity index (χ2v) is 7.32. The molecule has 29 heavy (non-hydrogen) atoms. The molecule has 0 aliphatic rings. The van der Waals surface area contributed by atoms with Crippen molar-refractivity contribution in [1.82, 2.24) is 4.37 Å². The number of ether oxygens (including phenoxy) is 1. The molecule has 0 aliphatic carbocycles. The summed E-state index contributed by atoms with van der Waals surface area (Å²) in [6.45, 7) is 0. The summed E-state index contributed by atoms with van der Waals surface area (Å²) in [6.07, 6.45) is 1.67. The van der Waals surface area contributed by atoms with Crippen LogP contribution < -0.4 is 10.1 Å². The summed E-state index contributed by atoms with van der Waals surface area (Å²) in [4.78, 5) is 14.5. The fraction of sp³-hybridized carbons (Fsp3) is 0.0833. The second kappa shape index (κ2) is 8.71. The van der Waals surface area contributed by atoms with Crippen LogP contribution in [0.1, 0.15) is 22.0 Å². The summed E-state index contributed by atoms with van der Waals surface area (Å²) < 4.78 is 9.62. The van der Waals surface area contributed by atoms with Crippen molar-refractivity contribution in [3.63, 3.8) is 0 Å². The molecule has 0 radical (unpaired) electrons. The number of nitrogens with zero attached hydrogens (tertiary/aromatic N) is 1. The summed E-state index contributed by atoms with van der Waals surface area (Å²) in [5.41, 5.74) is 3.32. The Bertz CT molecular complexity index is 1090. The first-order valence-corrected chi connectivity index (χ1v) is 10.0. The van der Waals surface area contributed by atoms with E-state index in [0.717, 1.165) is 27.4 Å². The van der Waals surface area contributed by atoms with Crippen molar-refractivity contribution in [3.8, 4) is 16.2 Å². The number of rotatable bonds is 7. The lowest BCUT2D eigenvalue weighted by Crippen LogP contribution is -2.21. The number of aromatic nitrogens is 1. The van der Waals surface area contributed by atoms with Gasteiger partial charge in [-0.1, -0.05) is 66.7 Å². The number of benzene rings is 3. The number of carbonyl (C=O) groups excluding carboxylic acids is 1. The Kier molecular flexibility index (Phi) is 5.68. The molecule has 5 heteroatoms. The van der Waals surface area contributed by atoms with Crippen LogP contribution in [0.15, 0.2) is 91.1 Å². The van der Waals surface area contributed by atoms with Gasteiger partial charge in [0.1, 0.15) is 11.8 Å². The topological polar surface area (TPSA) is 51.2 Å². The second-order valence-electron chi connectivity index (χ2n) is 6.52. The van der Waals surface area contributed by atoms with Crippen LogP contribution >= 0.6 is 11.5 Å². The molecule has 0 aliphatic heterocycles. The van der Waals surface area contributed by atoms with Gasteiger partial charge in [0.25, 0.3) is 0 Å². The Morgan fingerprint density at radius 3 is 2.41 bits per heavy atom. The van der Waals surface area contributed by atoms with Crippen LogP contribution in [-0.4, -0.2) is 17.3 Å². The molecule has 0 amide bonds. The first-order chi connectivity index (χ1) is 14.3. The van der Waals surface area contributed by atoms with Crippen molar-refractivity contribution in [2.45, 2.75) is 6.04 Å². The fourth-order valence-electron chi connectivity index (χ4n) is 3.19. The molecule has 0 saturated carbocycles. The lowest BCUT2D eigenvalue weighted by molar-refractivity contribution is 0.0970. The van der Waals surface area contributed by atoms with E-state index < -0.39 is 6.04 Å². The molecule has 3 aromatic carbocycles. The van der Waals surface area contributed by atoms with E-state index in [2.05, 4.69) is 9.69 Å². The normalized spacial score (nSPS) is 11.6. The Labute approximate surface area is 174 Å². The number of methoxy groups -OCH3 is 1. The van der Waals surface area contributed by atoms with E-state index in [1.807, 2.05) is 84.9 Å². The molecule has 144 valence electrons. The minimum Gasteiger partial charge on any atom is -0.497 e. The van der Waals surface area contributed by atoms with Gasteiger partial charge in [0.05, 0.1) is 23.7 Å². The van der Waals surface area contributed by atoms with Crippen LogP contribution in [0.3, 0.4) is 0 Å². The van der Waals surface area contributed by atoms with E-state index in [4.69, 9.17) is 4.74 Å². The third-order valence-corrected chi connectivity index (χ3v) is 5.50. The molecule has 1 atom stereocenters. The zero-order valence-electron chi connectivity index (χ0n) is 15.9. The van der Waals surface area contributed by atoms with Crippen LogP contribution in [0.4, 0.5) is 5.69 Å². The van der Waals surface area contributed by atoms with E-state index in [0.29, 0.717) is 5.56 Å². The summed E-state index contributed by atoms with van der Waals surface area (Å²) >= 11 is 1.34. The molecule has 0 saturated heterocycles. The molecule has 0 fully saturated rings. The average molecular weight is 401 g/mol. The standard InChI is InChI=1S/C24H20N2O2S/c1-28-20-14-8-13-19(15-20)26-22(17-9-4-2-5-10-17)23(27)21-16-25-29-24(21)18-11-6-3-7-12-18/h2-16,22,26H,1H3. The molecule has 1 unspecified atom stereocenters. The molecule has 4 nitrogen and oxygen atoms in total. The third kappa shape index (κ3) is 4.20. The van der Waals surface area contributed by atoms with Gasteiger partial charge < -0.3 is 10.1 Å². The fourth-order valence-corrected chi connectivity index (χ4v) is 3.95. The van der Waals surface area contributed by atoms with Crippen molar-refractivity contribution < 1.29 is 9.53 Å². The first-order valence-electron chi connectivity index (χ1n) is 9.26. The van der Waals surface area contributed by atoms with Gasteiger partial charge in [0.2, 0.25) is 0 Å². The molecular weight excluding hydrogens is 380 g/mol. The van der Waals surface area contributed by atoms with Crippen LogP contribution in [0.25, 0.3) is 10.4 Å². The first kappa shape index (κ1) is 18.9. The monoisotopic (exact) mass is 400 g/mol. The van der Waals surface area contributed by atoms with Crippen molar-refractivity contribution in [1.29, 1.82) is 0 Å². The van der Waals surface area contributed by atoms with Crippen LogP contribution in [0.2, 0.25) is 0 Å². The van der Waals surface area contributed by atoms with Crippen molar-refractivity contribution in [3.05, 3.63) is 102 Å². The van der Waals surface area contributed by atoms with E-state index in [1.165, 1.54) is 11.5 Å². The van der Waals surface area contributed by atoms with Crippen molar-refractivity contribution in [2.75, 3.05) is 12.4 Å². The molecule has 0 bridgehead atoms. The Balaban J connectivity index is 1.72.